The van der Waals surface area contributed by atoms with Crippen LogP contribution in [-0.4, -0.2) is 11.0 Å². The molecular weight excluding hydrogens is 232 g/mol. The molecule has 17 heavy (non-hydrogen) atoms. The Kier molecular flexibility index (Phi) is 4.34. The van der Waals surface area contributed by atoms with Crippen molar-refractivity contribution < 1.29 is 4.42 Å². The second-order valence-corrected chi connectivity index (χ2v) is 5.11. The standard InChI is InChI=1S/C13H18N2OS/c1-3-12(13-14-6-8-17-13)15-10(2)9-11-5-4-7-16-11/h4-8,10,12,15H,3,9H2,1-2H3. The number of hydrogen-bond donors (Lipinski definition) is 1. The molecule has 2 aromatic heterocycles. The van der Waals surface area contributed by atoms with Crippen LogP contribution >= 0.6 is 11.3 Å². The molecule has 0 aliphatic rings. The lowest BCUT2D eigenvalue weighted by Gasteiger charge is -2.19. The number of nitrogens with one attached hydrogen (secondary N) is 1. The number of nitrogens with zero attached hydrogens (tertiary/aromatic N) is 1. The largest absolute Gasteiger partial charge is 0.469 e. The molecule has 4 heteroatoms. The maximum absolute atomic E-state index is 5.36. The van der Waals surface area contributed by atoms with Gasteiger partial charge in [0.2, 0.25) is 0 Å². The van der Waals surface area contributed by atoms with E-state index in [1.54, 1.807) is 17.6 Å². The summed E-state index contributed by atoms with van der Waals surface area (Å²) in [7, 11) is 0. The maximum Gasteiger partial charge on any atom is 0.109 e. The van der Waals surface area contributed by atoms with Crippen LogP contribution in [0.5, 0.6) is 0 Å². The molecule has 0 fully saturated rings. The van der Waals surface area contributed by atoms with Crippen molar-refractivity contribution in [2.75, 3.05) is 0 Å². The summed E-state index contributed by atoms with van der Waals surface area (Å²) in [5, 5.41) is 6.79. The van der Waals surface area contributed by atoms with Crippen LogP contribution in [0.15, 0.2) is 34.4 Å². The van der Waals surface area contributed by atoms with Crippen LogP contribution in [0.25, 0.3) is 0 Å². The zero-order valence-corrected chi connectivity index (χ0v) is 11.0. The van der Waals surface area contributed by atoms with Gasteiger partial charge in [0.05, 0.1) is 12.3 Å². The van der Waals surface area contributed by atoms with Gasteiger partial charge in [-0.2, -0.15) is 0 Å². The molecule has 1 N–H and O–H groups in total. The van der Waals surface area contributed by atoms with Crippen LogP contribution < -0.4 is 5.32 Å². The molecule has 2 unspecified atom stereocenters. The Morgan fingerprint density at radius 3 is 3.00 bits per heavy atom. The van der Waals surface area contributed by atoms with E-state index in [-0.39, 0.29) is 0 Å². The van der Waals surface area contributed by atoms with Gasteiger partial charge < -0.3 is 9.73 Å². The summed E-state index contributed by atoms with van der Waals surface area (Å²) >= 11 is 1.71. The lowest BCUT2D eigenvalue weighted by Crippen LogP contribution is -2.31. The molecule has 0 bridgehead atoms. The van der Waals surface area contributed by atoms with Gasteiger partial charge in [0, 0.05) is 24.0 Å². The number of aromatic nitrogens is 1. The molecule has 2 rings (SSSR count). The first kappa shape index (κ1) is 12.3. The summed E-state index contributed by atoms with van der Waals surface area (Å²) in [6.45, 7) is 4.36. The van der Waals surface area contributed by atoms with Gasteiger partial charge in [-0.1, -0.05) is 6.92 Å². The average molecular weight is 250 g/mol. The molecule has 2 atom stereocenters. The van der Waals surface area contributed by atoms with E-state index in [4.69, 9.17) is 4.42 Å². The first-order valence-electron chi connectivity index (χ1n) is 5.97. The van der Waals surface area contributed by atoms with Crippen molar-refractivity contribution >= 4 is 11.3 Å². The van der Waals surface area contributed by atoms with Gasteiger partial charge in [0.1, 0.15) is 10.8 Å². The molecule has 0 aliphatic heterocycles. The van der Waals surface area contributed by atoms with Gasteiger partial charge in [-0.3, -0.25) is 0 Å². The normalized spacial score (nSPS) is 14.7. The summed E-state index contributed by atoms with van der Waals surface area (Å²) in [6, 6.07) is 4.68. The highest BCUT2D eigenvalue weighted by Gasteiger charge is 2.15. The minimum Gasteiger partial charge on any atom is -0.469 e. The summed E-state index contributed by atoms with van der Waals surface area (Å²) < 4.78 is 5.36. The minimum atomic E-state index is 0.347. The Balaban J connectivity index is 1.90. The molecule has 0 aliphatic carbocycles. The van der Waals surface area contributed by atoms with Crippen molar-refractivity contribution in [2.45, 2.75) is 38.8 Å². The lowest BCUT2D eigenvalue weighted by atomic mass is 10.1. The van der Waals surface area contributed by atoms with Crippen molar-refractivity contribution in [3.63, 3.8) is 0 Å². The number of thiazole rings is 1. The molecule has 0 radical (unpaired) electrons. The molecule has 0 amide bonds. The Hall–Kier alpha value is -1.13. The van der Waals surface area contributed by atoms with Crippen LogP contribution in [-0.2, 0) is 6.42 Å². The van der Waals surface area contributed by atoms with Gasteiger partial charge in [-0.05, 0) is 25.5 Å². The van der Waals surface area contributed by atoms with Crippen molar-refractivity contribution in [2.24, 2.45) is 0 Å². The molecule has 0 saturated carbocycles. The van der Waals surface area contributed by atoms with E-state index in [1.807, 2.05) is 23.7 Å². The van der Waals surface area contributed by atoms with Gasteiger partial charge in [-0.15, -0.1) is 11.3 Å². The summed E-state index contributed by atoms with van der Waals surface area (Å²) in [5.41, 5.74) is 0. The predicted octanol–water partition coefficient (Wildman–Crippen LogP) is 3.41. The third kappa shape index (κ3) is 3.41. The topological polar surface area (TPSA) is 38.1 Å². The minimum absolute atomic E-state index is 0.347. The van der Waals surface area contributed by atoms with Crippen LogP contribution in [0.1, 0.15) is 37.1 Å². The van der Waals surface area contributed by atoms with E-state index in [0.717, 1.165) is 18.6 Å². The zero-order chi connectivity index (χ0) is 12.1. The van der Waals surface area contributed by atoms with Gasteiger partial charge in [0.15, 0.2) is 0 Å². The first-order valence-corrected chi connectivity index (χ1v) is 6.85. The average Bonchev–Trinajstić information content (AvgIpc) is 2.97. The number of furan rings is 1. The van der Waals surface area contributed by atoms with E-state index in [0.29, 0.717) is 12.1 Å². The van der Waals surface area contributed by atoms with E-state index in [1.165, 1.54) is 5.01 Å². The number of rotatable bonds is 6. The third-order valence-electron chi connectivity index (χ3n) is 2.73. The fourth-order valence-electron chi connectivity index (χ4n) is 1.90. The van der Waals surface area contributed by atoms with Crippen molar-refractivity contribution in [1.82, 2.24) is 10.3 Å². The molecule has 0 saturated heterocycles. The van der Waals surface area contributed by atoms with Gasteiger partial charge in [0.25, 0.3) is 0 Å². The quantitative estimate of drug-likeness (QED) is 0.853. The molecule has 3 nitrogen and oxygen atoms in total. The lowest BCUT2D eigenvalue weighted by molar-refractivity contribution is 0.409. The smallest absolute Gasteiger partial charge is 0.109 e. The second-order valence-electron chi connectivity index (χ2n) is 4.18. The van der Waals surface area contributed by atoms with E-state index in [9.17, 15) is 0 Å². The second kappa shape index (κ2) is 5.98. The molecule has 2 heterocycles. The molecule has 0 spiro atoms. The molecule has 2 aromatic rings. The summed E-state index contributed by atoms with van der Waals surface area (Å²) in [6.07, 6.45) is 5.55. The van der Waals surface area contributed by atoms with Gasteiger partial charge in [-0.25, -0.2) is 4.98 Å². The maximum atomic E-state index is 5.36. The summed E-state index contributed by atoms with van der Waals surface area (Å²) in [4.78, 5) is 4.37. The molecule has 92 valence electrons. The van der Waals surface area contributed by atoms with Crippen LogP contribution in [0, 0.1) is 0 Å². The van der Waals surface area contributed by atoms with Gasteiger partial charge >= 0.3 is 0 Å². The van der Waals surface area contributed by atoms with Crippen molar-refractivity contribution in [3.05, 3.63) is 40.7 Å². The fraction of sp³-hybridized carbons (Fsp3) is 0.462. The highest BCUT2D eigenvalue weighted by atomic mass is 32.1. The van der Waals surface area contributed by atoms with Crippen LogP contribution in [0.2, 0.25) is 0 Å². The van der Waals surface area contributed by atoms with E-state index in [2.05, 4.69) is 24.1 Å². The summed E-state index contributed by atoms with van der Waals surface area (Å²) in [5.74, 6) is 1.03. The van der Waals surface area contributed by atoms with Crippen molar-refractivity contribution in [1.29, 1.82) is 0 Å². The monoisotopic (exact) mass is 250 g/mol. The highest BCUT2D eigenvalue weighted by molar-refractivity contribution is 7.09. The van der Waals surface area contributed by atoms with Crippen LogP contribution in [0.3, 0.4) is 0 Å². The van der Waals surface area contributed by atoms with Crippen LogP contribution in [0.4, 0.5) is 0 Å². The Morgan fingerprint density at radius 1 is 1.53 bits per heavy atom. The van der Waals surface area contributed by atoms with E-state index < -0.39 is 0 Å². The SMILES string of the molecule is CCC(NC(C)Cc1ccco1)c1nccs1. The fourth-order valence-corrected chi connectivity index (χ4v) is 2.69. The highest BCUT2D eigenvalue weighted by Crippen LogP contribution is 2.20. The molecular formula is C13H18N2OS. The third-order valence-corrected chi connectivity index (χ3v) is 3.62. The molecule has 0 aromatic carbocycles. The Bertz CT molecular complexity index is 411. The van der Waals surface area contributed by atoms with E-state index >= 15 is 0 Å². The van der Waals surface area contributed by atoms with Crippen molar-refractivity contribution in [3.8, 4) is 0 Å². The number of hydrogen-bond acceptors (Lipinski definition) is 4. The first-order chi connectivity index (χ1) is 8.29. The zero-order valence-electron chi connectivity index (χ0n) is 10.2. The Labute approximate surface area is 106 Å². The predicted molar refractivity (Wildman–Crippen MR) is 70.2 cm³/mol. The Morgan fingerprint density at radius 2 is 2.41 bits per heavy atom.